The Kier molecular flexibility index (Phi) is 5.84. The van der Waals surface area contributed by atoms with E-state index in [0.717, 1.165) is 49.6 Å². The van der Waals surface area contributed by atoms with E-state index in [1.165, 1.54) is 10.9 Å². The summed E-state index contributed by atoms with van der Waals surface area (Å²) >= 11 is 0. The smallest absolute Gasteiger partial charge is 0.232 e. The molecule has 0 unspecified atom stereocenters. The number of nitrogens with one attached hydrogen (secondary N) is 2. The van der Waals surface area contributed by atoms with Gasteiger partial charge in [-0.05, 0) is 30.2 Å². The van der Waals surface area contributed by atoms with Crippen LogP contribution in [-0.2, 0) is 6.42 Å². The Morgan fingerprint density at radius 3 is 2.58 bits per heavy atom. The number of nitrogens with two attached hydrogens (primary N) is 1. The highest BCUT2D eigenvalue weighted by molar-refractivity contribution is 5.83. The maximum absolute atomic E-state index is 6.00. The van der Waals surface area contributed by atoms with Crippen molar-refractivity contribution < 1.29 is 4.74 Å². The second-order valence-electron chi connectivity index (χ2n) is 8.00. The second-order valence-corrected chi connectivity index (χ2v) is 8.00. The minimum atomic E-state index is 0.224. The number of aromatic nitrogens is 4. The van der Waals surface area contributed by atoms with Crippen molar-refractivity contribution in [2.45, 2.75) is 6.42 Å². The van der Waals surface area contributed by atoms with E-state index in [2.05, 4.69) is 65.5 Å². The van der Waals surface area contributed by atoms with E-state index in [9.17, 15) is 0 Å². The van der Waals surface area contributed by atoms with Crippen molar-refractivity contribution in [3.05, 3.63) is 60.3 Å². The Labute approximate surface area is 192 Å². The predicted octanol–water partition coefficient (Wildman–Crippen LogP) is 2.92. The predicted molar refractivity (Wildman–Crippen MR) is 132 cm³/mol. The van der Waals surface area contributed by atoms with Crippen LogP contribution in [0.15, 0.2) is 54.7 Å². The lowest BCUT2D eigenvalue weighted by Gasteiger charge is -2.36. The molecule has 3 heterocycles. The largest absolute Gasteiger partial charge is 0.495 e. The molecule has 9 nitrogen and oxygen atoms in total. The van der Waals surface area contributed by atoms with Gasteiger partial charge in [-0.25, -0.2) is 0 Å². The lowest BCUT2D eigenvalue weighted by Crippen LogP contribution is -2.47. The number of hydrogen-bond donors (Lipinski definition) is 3. The molecule has 170 valence electrons. The summed E-state index contributed by atoms with van der Waals surface area (Å²) in [5.41, 5.74) is 9.51. The van der Waals surface area contributed by atoms with Crippen molar-refractivity contribution in [1.82, 2.24) is 19.9 Å². The summed E-state index contributed by atoms with van der Waals surface area (Å²) in [6, 6.07) is 16.4. The number of aromatic amines is 1. The van der Waals surface area contributed by atoms with Gasteiger partial charge in [0.25, 0.3) is 0 Å². The van der Waals surface area contributed by atoms with Crippen LogP contribution in [0.25, 0.3) is 10.9 Å². The monoisotopic (exact) mass is 444 g/mol. The van der Waals surface area contributed by atoms with Gasteiger partial charge in [-0.1, -0.05) is 30.3 Å². The Bertz CT molecular complexity index is 1230. The third-order valence-corrected chi connectivity index (χ3v) is 5.98. The molecule has 1 aliphatic heterocycles. The van der Waals surface area contributed by atoms with E-state index in [-0.39, 0.29) is 5.95 Å². The molecular weight excluding hydrogens is 416 g/mol. The fourth-order valence-electron chi connectivity index (χ4n) is 4.29. The fraction of sp³-hybridized carbons (Fsp3) is 0.292. The van der Waals surface area contributed by atoms with E-state index < -0.39 is 0 Å². The molecule has 4 N–H and O–H groups in total. The van der Waals surface area contributed by atoms with Crippen LogP contribution in [0.5, 0.6) is 5.75 Å². The van der Waals surface area contributed by atoms with E-state index in [1.54, 1.807) is 7.11 Å². The SMILES string of the molecule is COc1ccccc1N1CCN(c2nc(N)nc(NCCc3c[nH]c4ccccc34)n2)CC1. The number of nitrogens with zero attached hydrogens (tertiary/aromatic N) is 5. The summed E-state index contributed by atoms with van der Waals surface area (Å²) < 4.78 is 5.51. The van der Waals surface area contributed by atoms with Gasteiger partial charge in [0.1, 0.15) is 5.75 Å². The van der Waals surface area contributed by atoms with Gasteiger partial charge in [0.05, 0.1) is 12.8 Å². The summed E-state index contributed by atoms with van der Waals surface area (Å²) in [7, 11) is 1.70. The van der Waals surface area contributed by atoms with E-state index >= 15 is 0 Å². The van der Waals surface area contributed by atoms with E-state index in [4.69, 9.17) is 10.5 Å². The fourth-order valence-corrected chi connectivity index (χ4v) is 4.29. The van der Waals surface area contributed by atoms with Crippen LogP contribution < -0.4 is 25.6 Å². The number of H-pyrrole nitrogens is 1. The number of para-hydroxylation sites is 3. The first-order chi connectivity index (χ1) is 16.2. The normalized spacial score (nSPS) is 14.0. The molecule has 0 amide bonds. The second kappa shape index (κ2) is 9.23. The molecule has 2 aromatic carbocycles. The Morgan fingerprint density at radius 1 is 0.970 bits per heavy atom. The Balaban J connectivity index is 1.22. The molecule has 1 saturated heterocycles. The summed E-state index contributed by atoms with van der Waals surface area (Å²) in [5.74, 6) is 2.22. The van der Waals surface area contributed by atoms with Crippen LogP contribution in [0, 0.1) is 0 Å². The van der Waals surface area contributed by atoms with Gasteiger partial charge in [-0.15, -0.1) is 0 Å². The zero-order valence-corrected chi connectivity index (χ0v) is 18.7. The summed E-state index contributed by atoms with van der Waals surface area (Å²) in [5, 5.41) is 4.55. The minimum Gasteiger partial charge on any atom is -0.495 e. The molecule has 0 atom stereocenters. The van der Waals surface area contributed by atoms with Gasteiger partial charge in [-0.3, -0.25) is 0 Å². The molecule has 1 aliphatic rings. The van der Waals surface area contributed by atoms with Crippen LogP contribution in [-0.4, -0.2) is 59.8 Å². The molecule has 9 heteroatoms. The van der Waals surface area contributed by atoms with Gasteiger partial charge in [-0.2, -0.15) is 15.0 Å². The third-order valence-electron chi connectivity index (χ3n) is 5.98. The van der Waals surface area contributed by atoms with Crippen LogP contribution in [0.4, 0.5) is 23.5 Å². The van der Waals surface area contributed by atoms with Crippen molar-refractivity contribution >= 4 is 34.4 Å². The third kappa shape index (κ3) is 4.48. The summed E-state index contributed by atoms with van der Waals surface area (Å²) in [6.45, 7) is 3.96. The Morgan fingerprint density at radius 2 is 1.73 bits per heavy atom. The number of piperazine rings is 1. The number of benzene rings is 2. The highest BCUT2D eigenvalue weighted by Crippen LogP contribution is 2.29. The molecule has 2 aromatic heterocycles. The quantitative estimate of drug-likeness (QED) is 0.399. The molecule has 1 fully saturated rings. The number of methoxy groups -OCH3 is 1. The zero-order valence-electron chi connectivity index (χ0n) is 18.7. The minimum absolute atomic E-state index is 0.224. The Hall–Kier alpha value is -4.01. The zero-order chi connectivity index (χ0) is 22.6. The van der Waals surface area contributed by atoms with Crippen molar-refractivity contribution in [2.75, 3.05) is 60.7 Å². The van der Waals surface area contributed by atoms with Gasteiger partial charge in [0.2, 0.25) is 17.8 Å². The lowest BCUT2D eigenvalue weighted by molar-refractivity contribution is 0.413. The topological polar surface area (TPSA) is 108 Å². The van der Waals surface area contributed by atoms with E-state index in [1.807, 2.05) is 24.3 Å². The van der Waals surface area contributed by atoms with Crippen LogP contribution >= 0.6 is 0 Å². The van der Waals surface area contributed by atoms with Crippen molar-refractivity contribution in [3.8, 4) is 5.75 Å². The average Bonchev–Trinajstić information content (AvgIpc) is 3.27. The number of nitrogen functional groups attached to an aromatic ring is 1. The number of fused-ring (bicyclic) bond motifs is 1. The van der Waals surface area contributed by atoms with Gasteiger partial charge in [0.15, 0.2) is 0 Å². The summed E-state index contributed by atoms with van der Waals surface area (Å²) in [4.78, 5) is 21.1. The maximum atomic E-state index is 6.00. The average molecular weight is 445 g/mol. The molecule has 5 rings (SSSR count). The highest BCUT2D eigenvalue weighted by Gasteiger charge is 2.22. The molecule has 0 bridgehead atoms. The highest BCUT2D eigenvalue weighted by atomic mass is 16.5. The van der Waals surface area contributed by atoms with Crippen molar-refractivity contribution in [3.63, 3.8) is 0 Å². The maximum Gasteiger partial charge on any atom is 0.232 e. The first-order valence-electron chi connectivity index (χ1n) is 11.1. The molecule has 0 radical (unpaired) electrons. The molecule has 0 spiro atoms. The molecule has 0 saturated carbocycles. The molecular formula is C24H28N8O. The standard InChI is InChI=1S/C24H28N8O/c1-33-21-9-5-4-8-20(21)31-12-14-32(15-13-31)24-29-22(25)28-23(30-24)26-11-10-17-16-27-19-7-3-2-6-18(17)19/h2-9,16,27H,10-15H2,1H3,(H3,25,26,28,29,30). The first kappa shape index (κ1) is 20.9. The van der Waals surface area contributed by atoms with Gasteiger partial charge < -0.3 is 30.6 Å². The number of ether oxygens (including phenoxy) is 1. The van der Waals surface area contributed by atoms with Crippen molar-refractivity contribution in [2.24, 2.45) is 0 Å². The number of hydrogen-bond acceptors (Lipinski definition) is 8. The molecule has 0 aliphatic carbocycles. The number of rotatable bonds is 7. The lowest BCUT2D eigenvalue weighted by atomic mass is 10.1. The van der Waals surface area contributed by atoms with Crippen molar-refractivity contribution in [1.29, 1.82) is 0 Å². The van der Waals surface area contributed by atoms with Crippen LogP contribution in [0.3, 0.4) is 0 Å². The van der Waals surface area contributed by atoms with Gasteiger partial charge in [0, 0.05) is 49.8 Å². The van der Waals surface area contributed by atoms with Gasteiger partial charge >= 0.3 is 0 Å². The summed E-state index contributed by atoms with van der Waals surface area (Å²) in [6.07, 6.45) is 2.91. The van der Waals surface area contributed by atoms with E-state index in [0.29, 0.717) is 18.4 Å². The molecule has 33 heavy (non-hydrogen) atoms. The molecule has 4 aromatic rings. The first-order valence-corrected chi connectivity index (χ1v) is 11.1. The number of anilines is 4. The van der Waals surface area contributed by atoms with Crippen LogP contribution in [0.1, 0.15) is 5.56 Å². The van der Waals surface area contributed by atoms with Crippen LogP contribution in [0.2, 0.25) is 0 Å².